The molecule has 0 radical (unpaired) electrons. The third-order valence-corrected chi connectivity index (χ3v) is 5.44. The Bertz CT molecular complexity index is 935. The number of hydrogen-bond acceptors (Lipinski definition) is 7. The summed E-state index contributed by atoms with van der Waals surface area (Å²) in [5, 5.41) is 1.89. The summed E-state index contributed by atoms with van der Waals surface area (Å²) in [5.74, 6) is -0.341. The van der Waals surface area contributed by atoms with Crippen LogP contribution in [0.2, 0.25) is 0 Å². The summed E-state index contributed by atoms with van der Waals surface area (Å²) in [6, 6.07) is 11.3. The van der Waals surface area contributed by atoms with Gasteiger partial charge in [-0.15, -0.1) is 0 Å². The Morgan fingerprint density at radius 2 is 1.93 bits per heavy atom. The van der Waals surface area contributed by atoms with E-state index >= 15 is 0 Å². The number of aromatic nitrogens is 1. The van der Waals surface area contributed by atoms with Gasteiger partial charge in [0.2, 0.25) is 0 Å². The number of hydrogen-bond donors (Lipinski definition) is 1. The highest BCUT2D eigenvalue weighted by atomic mass is 32.2. The lowest BCUT2D eigenvalue weighted by molar-refractivity contribution is -0.150. The third-order valence-electron chi connectivity index (χ3n) is 4.63. The van der Waals surface area contributed by atoms with Crippen molar-refractivity contribution in [2.45, 2.75) is 19.1 Å². The molecule has 2 aromatic rings. The highest BCUT2D eigenvalue weighted by Gasteiger charge is 2.33. The number of ether oxygens (including phenoxy) is 3. The average Bonchev–Trinajstić information content (AvgIpc) is 3.29. The van der Waals surface area contributed by atoms with Crippen molar-refractivity contribution in [1.82, 2.24) is 10.3 Å². The number of pyridine rings is 1. The van der Waals surface area contributed by atoms with E-state index in [-0.39, 0.29) is 11.1 Å². The summed E-state index contributed by atoms with van der Waals surface area (Å²) in [4.78, 5) is 27.6. The number of thioether (sulfide) groups is 1. The molecular formula is C21H20N2O5S. The fourth-order valence-electron chi connectivity index (χ4n) is 3.03. The number of carbonyl (C=O) groups is 2. The Hall–Kier alpha value is -2.68. The second kappa shape index (κ2) is 8.36. The van der Waals surface area contributed by atoms with E-state index in [0.29, 0.717) is 31.1 Å². The zero-order valence-corrected chi connectivity index (χ0v) is 16.7. The van der Waals surface area contributed by atoms with Gasteiger partial charge in [-0.2, -0.15) is 0 Å². The molecule has 2 aliphatic heterocycles. The van der Waals surface area contributed by atoms with E-state index < -0.39 is 5.79 Å². The molecule has 29 heavy (non-hydrogen) atoms. The summed E-state index contributed by atoms with van der Waals surface area (Å²) in [6.07, 6.45) is 4.13. The lowest BCUT2D eigenvalue weighted by Crippen LogP contribution is -2.22. The molecule has 2 fully saturated rings. The van der Waals surface area contributed by atoms with Gasteiger partial charge in [0.05, 0.1) is 24.7 Å². The van der Waals surface area contributed by atoms with Crippen LogP contribution in [0.3, 0.4) is 0 Å². The van der Waals surface area contributed by atoms with Crippen molar-refractivity contribution >= 4 is 29.0 Å². The number of benzene rings is 1. The van der Waals surface area contributed by atoms with Crippen LogP contribution in [0.4, 0.5) is 4.79 Å². The lowest BCUT2D eigenvalue weighted by atomic mass is 10.1. The lowest BCUT2D eigenvalue weighted by Gasteiger charge is -2.22. The van der Waals surface area contributed by atoms with E-state index in [4.69, 9.17) is 14.2 Å². The first-order chi connectivity index (χ1) is 14.0. The molecule has 0 unspecified atom stereocenters. The van der Waals surface area contributed by atoms with Crippen LogP contribution in [0.15, 0.2) is 47.5 Å². The first-order valence-corrected chi connectivity index (χ1v) is 10.0. The zero-order chi connectivity index (χ0) is 20.3. The Balaban J connectivity index is 1.29. The minimum absolute atomic E-state index is 0.347. The predicted octanol–water partition coefficient (Wildman–Crippen LogP) is 3.25. The predicted molar refractivity (Wildman–Crippen MR) is 108 cm³/mol. The van der Waals surface area contributed by atoms with Crippen LogP contribution in [0.25, 0.3) is 6.08 Å². The number of nitrogens with one attached hydrogen (secondary N) is 1. The molecule has 1 N–H and O–H groups in total. The Labute approximate surface area is 172 Å². The van der Waals surface area contributed by atoms with Gasteiger partial charge in [-0.3, -0.25) is 19.9 Å². The minimum Gasteiger partial charge on any atom is -0.493 e. The summed E-state index contributed by atoms with van der Waals surface area (Å²) in [5.41, 5.74) is 2.65. The molecule has 0 bridgehead atoms. The standard InChI is InChI=1S/C21H20N2O5S/c1-21(27-10-11-28-21)15-4-5-16(22-13-15)8-9-26-17-6-2-14(3-7-17)12-18-19(24)23-20(25)29-18/h2-7,12-13H,8-11H2,1H3,(H,23,24,25). The van der Waals surface area contributed by atoms with Crippen LogP contribution < -0.4 is 10.1 Å². The molecule has 3 heterocycles. The summed E-state index contributed by atoms with van der Waals surface area (Å²) < 4.78 is 17.0. The molecule has 0 saturated carbocycles. The highest BCUT2D eigenvalue weighted by molar-refractivity contribution is 8.18. The minimum atomic E-state index is -0.704. The van der Waals surface area contributed by atoms with E-state index in [1.165, 1.54) is 0 Å². The molecule has 2 amide bonds. The zero-order valence-electron chi connectivity index (χ0n) is 15.8. The van der Waals surface area contributed by atoms with Crippen molar-refractivity contribution in [3.63, 3.8) is 0 Å². The second-order valence-corrected chi connectivity index (χ2v) is 7.72. The van der Waals surface area contributed by atoms with Gasteiger partial charge >= 0.3 is 0 Å². The normalized spacial score (nSPS) is 19.6. The van der Waals surface area contributed by atoms with Gasteiger partial charge in [-0.25, -0.2) is 0 Å². The maximum Gasteiger partial charge on any atom is 0.290 e. The summed E-state index contributed by atoms with van der Waals surface area (Å²) in [7, 11) is 0. The van der Waals surface area contributed by atoms with Crippen LogP contribution in [0, 0.1) is 0 Å². The first kappa shape index (κ1) is 19.6. The van der Waals surface area contributed by atoms with Crippen molar-refractivity contribution in [2.24, 2.45) is 0 Å². The van der Waals surface area contributed by atoms with Crippen LogP contribution in [-0.4, -0.2) is 36.0 Å². The quantitative estimate of drug-likeness (QED) is 0.729. The molecule has 4 rings (SSSR count). The average molecular weight is 412 g/mol. The molecule has 2 saturated heterocycles. The van der Waals surface area contributed by atoms with Crippen LogP contribution in [-0.2, 0) is 26.5 Å². The molecule has 0 spiro atoms. The molecule has 1 aromatic carbocycles. The fraction of sp³-hybridized carbons (Fsp3) is 0.286. The van der Waals surface area contributed by atoms with E-state index in [1.807, 2.05) is 43.3 Å². The first-order valence-electron chi connectivity index (χ1n) is 9.23. The van der Waals surface area contributed by atoms with Gasteiger partial charge in [-0.05, 0) is 48.5 Å². The molecule has 0 atom stereocenters. The number of carbonyl (C=O) groups excluding carboxylic acids is 2. The molecule has 2 aliphatic rings. The van der Waals surface area contributed by atoms with E-state index in [1.54, 1.807) is 12.3 Å². The molecule has 150 valence electrons. The van der Waals surface area contributed by atoms with E-state index in [2.05, 4.69) is 10.3 Å². The summed E-state index contributed by atoms with van der Waals surface area (Å²) >= 11 is 0.900. The number of rotatable bonds is 6. The third kappa shape index (κ3) is 4.67. The molecular weight excluding hydrogens is 392 g/mol. The number of nitrogens with zero attached hydrogens (tertiary/aromatic N) is 1. The van der Waals surface area contributed by atoms with Crippen LogP contribution in [0.1, 0.15) is 23.7 Å². The molecule has 1 aromatic heterocycles. The van der Waals surface area contributed by atoms with Gasteiger partial charge in [0.1, 0.15) is 5.75 Å². The molecule has 7 nitrogen and oxygen atoms in total. The Morgan fingerprint density at radius 3 is 2.55 bits per heavy atom. The Kier molecular flexibility index (Phi) is 5.66. The number of amides is 2. The monoisotopic (exact) mass is 412 g/mol. The van der Waals surface area contributed by atoms with Crippen LogP contribution in [0.5, 0.6) is 5.75 Å². The maximum absolute atomic E-state index is 11.6. The fourth-order valence-corrected chi connectivity index (χ4v) is 3.71. The molecule has 8 heteroatoms. The highest BCUT2D eigenvalue weighted by Crippen LogP contribution is 2.30. The van der Waals surface area contributed by atoms with Gasteiger partial charge < -0.3 is 14.2 Å². The SMILES string of the molecule is CC1(c2ccc(CCOc3ccc(C=C4SC(=O)NC4=O)cc3)nc2)OCCO1. The van der Waals surface area contributed by atoms with Crippen LogP contribution >= 0.6 is 11.8 Å². The summed E-state index contributed by atoms with van der Waals surface area (Å²) in [6.45, 7) is 3.57. The molecule has 0 aliphatic carbocycles. The number of imide groups is 1. The van der Waals surface area contributed by atoms with Crippen molar-refractivity contribution < 1.29 is 23.8 Å². The van der Waals surface area contributed by atoms with Gasteiger partial charge in [0.15, 0.2) is 5.79 Å². The Morgan fingerprint density at radius 1 is 1.17 bits per heavy atom. The van der Waals surface area contributed by atoms with Gasteiger partial charge in [0.25, 0.3) is 11.1 Å². The largest absolute Gasteiger partial charge is 0.493 e. The van der Waals surface area contributed by atoms with Gasteiger partial charge in [0, 0.05) is 23.9 Å². The second-order valence-electron chi connectivity index (χ2n) is 6.70. The van der Waals surface area contributed by atoms with E-state index in [9.17, 15) is 9.59 Å². The van der Waals surface area contributed by atoms with Crippen molar-refractivity contribution in [3.05, 3.63) is 64.3 Å². The van der Waals surface area contributed by atoms with Gasteiger partial charge in [-0.1, -0.05) is 18.2 Å². The van der Waals surface area contributed by atoms with Crippen molar-refractivity contribution in [2.75, 3.05) is 19.8 Å². The van der Waals surface area contributed by atoms with Crippen molar-refractivity contribution in [3.8, 4) is 5.75 Å². The van der Waals surface area contributed by atoms with E-state index in [0.717, 1.165) is 34.3 Å². The smallest absolute Gasteiger partial charge is 0.290 e. The maximum atomic E-state index is 11.6. The van der Waals surface area contributed by atoms with Crippen molar-refractivity contribution in [1.29, 1.82) is 0 Å². The topological polar surface area (TPSA) is 86.8 Å².